The van der Waals surface area contributed by atoms with E-state index in [0.29, 0.717) is 27.5 Å². The molecule has 0 saturated heterocycles. The first kappa shape index (κ1) is 36.8. The maximum Gasteiger partial charge on any atom is 0.417 e. The molecule has 0 aliphatic carbocycles. The summed E-state index contributed by atoms with van der Waals surface area (Å²) in [6.07, 6.45) is -4.83. The monoisotopic (exact) mass is 719 g/mol. The summed E-state index contributed by atoms with van der Waals surface area (Å²) < 4.78 is 70.5. The highest BCUT2D eigenvalue weighted by Gasteiger charge is 2.37. The SMILES string of the molecule is CC(C)CNC(=O)[C@@H](Cc1ccccc1)N(Cc1ccc(Cl)cc1)C(=O)CN(c1ccc(Cl)c(C(F)(F)F)c1)S(=O)(=O)c1ccccc1. The topological polar surface area (TPSA) is 86.8 Å². The number of halogens is 5. The van der Waals surface area contributed by atoms with Gasteiger partial charge in [-0.1, -0.05) is 97.7 Å². The second-order valence-corrected chi connectivity index (χ2v) is 14.2. The van der Waals surface area contributed by atoms with Crippen LogP contribution in [0.4, 0.5) is 18.9 Å². The molecule has 0 bridgehead atoms. The number of nitrogens with zero attached hydrogens (tertiary/aromatic N) is 2. The molecule has 0 radical (unpaired) electrons. The number of carbonyl (C=O) groups is 2. The fraction of sp³-hybridized carbons (Fsp3) is 0.257. The number of amides is 2. The minimum absolute atomic E-state index is 0.0781. The molecule has 2 amide bonds. The Morgan fingerprint density at radius 2 is 1.44 bits per heavy atom. The lowest BCUT2D eigenvalue weighted by atomic mass is 10.0. The van der Waals surface area contributed by atoms with Crippen molar-refractivity contribution in [1.82, 2.24) is 10.2 Å². The van der Waals surface area contributed by atoms with Gasteiger partial charge < -0.3 is 10.2 Å². The van der Waals surface area contributed by atoms with E-state index in [2.05, 4.69) is 5.32 Å². The van der Waals surface area contributed by atoms with E-state index in [9.17, 15) is 31.2 Å². The maximum atomic E-state index is 14.5. The Morgan fingerprint density at radius 1 is 0.833 bits per heavy atom. The van der Waals surface area contributed by atoms with E-state index in [1.54, 1.807) is 54.6 Å². The Morgan fingerprint density at radius 3 is 2.02 bits per heavy atom. The van der Waals surface area contributed by atoms with Crippen molar-refractivity contribution in [3.8, 4) is 0 Å². The molecule has 0 aromatic heterocycles. The summed E-state index contributed by atoms with van der Waals surface area (Å²) in [4.78, 5) is 29.3. The highest BCUT2D eigenvalue weighted by Crippen LogP contribution is 2.38. The van der Waals surface area contributed by atoms with Gasteiger partial charge in [0.05, 0.1) is 21.2 Å². The lowest BCUT2D eigenvalue weighted by Crippen LogP contribution is -2.53. The zero-order valence-electron chi connectivity index (χ0n) is 26.1. The van der Waals surface area contributed by atoms with Gasteiger partial charge in [-0.25, -0.2) is 8.42 Å². The van der Waals surface area contributed by atoms with Gasteiger partial charge in [-0.15, -0.1) is 0 Å². The summed E-state index contributed by atoms with van der Waals surface area (Å²) in [5, 5.41) is 2.68. The van der Waals surface area contributed by atoms with E-state index in [4.69, 9.17) is 23.2 Å². The van der Waals surface area contributed by atoms with Crippen LogP contribution in [0.25, 0.3) is 0 Å². The molecule has 0 heterocycles. The van der Waals surface area contributed by atoms with Crippen molar-refractivity contribution in [3.05, 3.63) is 130 Å². The Balaban J connectivity index is 1.85. The van der Waals surface area contributed by atoms with Crippen molar-refractivity contribution >= 4 is 50.7 Å². The molecular formula is C35H34Cl2F3N3O4S. The molecule has 13 heteroatoms. The lowest BCUT2D eigenvalue weighted by molar-refractivity contribution is -0.140. The Labute approximate surface area is 288 Å². The van der Waals surface area contributed by atoms with E-state index in [0.717, 1.165) is 17.7 Å². The highest BCUT2D eigenvalue weighted by atomic mass is 35.5. The summed E-state index contributed by atoms with van der Waals surface area (Å²) in [5.41, 5.74) is -0.377. The van der Waals surface area contributed by atoms with E-state index >= 15 is 0 Å². The molecule has 254 valence electrons. The van der Waals surface area contributed by atoms with Crippen LogP contribution in [-0.4, -0.2) is 44.3 Å². The summed E-state index contributed by atoms with van der Waals surface area (Å²) >= 11 is 12.0. The normalized spacial score (nSPS) is 12.4. The van der Waals surface area contributed by atoms with Crippen molar-refractivity contribution < 1.29 is 31.2 Å². The molecular weight excluding hydrogens is 686 g/mol. The van der Waals surface area contributed by atoms with Gasteiger partial charge in [0, 0.05) is 24.5 Å². The molecule has 7 nitrogen and oxygen atoms in total. The van der Waals surface area contributed by atoms with Crippen LogP contribution in [0, 0.1) is 5.92 Å². The van der Waals surface area contributed by atoms with Crippen LogP contribution in [0.15, 0.2) is 108 Å². The van der Waals surface area contributed by atoms with Crippen molar-refractivity contribution in [3.63, 3.8) is 0 Å². The number of nitrogens with one attached hydrogen (secondary N) is 1. The molecule has 0 unspecified atom stereocenters. The third-order valence-electron chi connectivity index (χ3n) is 7.38. The first-order chi connectivity index (χ1) is 22.7. The van der Waals surface area contributed by atoms with Crippen LogP contribution in [-0.2, 0) is 38.8 Å². The molecule has 0 saturated carbocycles. The summed E-state index contributed by atoms with van der Waals surface area (Å²) in [6, 6.07) is 24.1. The average molecular weight is 721 g/mol. The van der Waals surface area contributed by atoms with E-state index in [1.165, 1.54) is 29.2 Å². The van der Waals surface area contributed by atoms with Crippen LogP contribution < -0.4 is 9.62 Å². The van der Waals surface area contributed by atoms with Gasteiger partial charge in [0.1, 0.15) is 12.6 Å². The van der Waals surface area contributed by atoms with Crippen molar-refractivity contribution in [2.45, 2.75) is 43.9 Å². The predicted molar refractivity (Wildman–Crippen MR) is 181 cm³/mol. The van der Waals surface area contributed by atoms with Crippen LogP contribution in [0.2, 0.25) is 10.0 Å². The number of carbonyl (C=O) groups excluding carboxylic acids is 2. The maximum absolute atomic E-state index is 14.5. The van der Waals surface area contributed by atoms with Gasteiger partial charge in [-0.05, 0) is 59.5 Å². The van der Waals surface area contributed by atoms with Crippen molar-refractivity contribution in [1.29, 1.82) is 0 Å². The summed E-state index contributed by atoms with van der Waals surface area (Å²) in [7, 11) is -4.61. The zero-order valence-corrected chi connectivity index (χ0v) is 28.5. The van der Waals surface area contributed by atoms with E-state index in [1.807, 2.05) is 19.9 Å². The highest BCUT2D eigenvalue weighted by molar-refractivity contribution is 7.92. The number of sulfonamides is 1. The fourth-order valence-electron chi connectivity index (χ4n) is 4.90. The Bertz CT molecular complexity index is 1810. The third-order valence-corrected chi connectivity index (χ3v) is 9.74. The lowest BCUT2D eigenvalue weighted by Gasteiger charge is -2.34. The molecule has 0 aliphatic heterocycles. The Hall–Kier alpha value is -4.06. The predicted octanol–water partition coefficient (Wildman–Crippen LogP) is 7.62. The first-order valence-electron chi connectivity index (χ1n) is 15.0. The molecule has 0 spiro atoms. The van der Waals surface area contributed by atoms with Crippen LogP contribution in [0.5, 0.6) is 0 Å². The number of alkyl halides is 3. The molecule has 0 fully saturated rings. The number of hydrogen-bond acceptors (Lipinski definition) is 4. The number of rotatable bonds is 13. The quantitative estimate of drug-likeness (QED) is 0.154. The molecule has 4 rings (SSSR count). The molecule has 4 aromatic rings. The van der Waals surface area contributed by atoms with Crippen molar-refractivity contribution in [2.75, 3.05) is 17.4 Å². The van der Waals surface area contributed by atoms with Crippen molar-refractivity contribution in [2.24, 2.45) is 5.92 Å². The van der Waals surface area contributed by atoms with Gasteiger partial charge >= 0.3 is 6.18 Å². The van der Waals surface area contributed by atoms with Gasteiger partial charge in [0.2, 0.25) is 11.8 Å². The standard InChI is InChI=1S/C35H34Cl2F3N3O4S/c1-24(2)21-41-34(45)32(19-25-9-5-3-6-10-25)42(22-26-13-15-27(36)16-14-26)33(44)23-43(48(46,47)29-11-7-4-8-12-29)28-17-18-31(37)30(20-28)35(38,39)40/h3-18,20,24,32H,19,21-23H2,1-2H3,(H,41,45)/t32-/m1/s1. The first-order valence-corrected chi connectivity index (χ1v) is 17.2. The number of hydrogen-bond donors (Lipinski definition) is 1. The molecule has 0 aliphatic rings. The van der Waals surface area contributed by atoms with Gasteiger partial charge in [0.15, 0.2) is 0 Å². The van der Waals surface area contributed by atoms with E-state index < -0.39 is 56.9 Å². The molecule has 1 atom stereocenters. The van der Waals surface area contributed by atoms with Gasteiger partial charge in [-0.2, -0.15) is 13.2 Å². The van der Waals surface area contributed by atoms with Gasteiger partial charge in [0.25, 0.3) is 10.0 Å². The minimum Gasteiger partial charge on any atom is -0.354 e. The Kier molecular flexibility index (Phi) is 12.2. The van der Waals surface area contributed by atoms with Gasteiger partial charge in [-0.3, -0.25) is 13.9 Å². The smallest absolute Gasteiger partial charge is 0.354 e. The third kappa shape index (κ3) is 9.52. The second-order valence-electron chi connectivity index (χ2n) is 11.5. The molecule has 4 aromatic carbocycles. The fourth-order valence-corrected chi connectivity index (χ4v) is 6.67. The second kappa shape index (κ2) is 15.9. The molecule has 48 heavy (non-hydrogen) atoms. The average Bonchev–Trinajstić information content (AvgIpc) is 3.05. The molecule has 1 N–H and O–H groups in total. The number of anilines is 1. The minimum atomic E-state index is -4.91. The van der Waals surface area contributed by atoms with Crippen LogP contribution in [0.1, 0.15) is 30.5 Å². The summed E-state index contributed by atoms with van der Waals surface area (Å²) in [5.74, 6) is -1.21. The van der Waals surface area contributed by atoms with Crippen LogP contribution >= 0.6 is 23.2 Å². The summed E-state index contributed by atoms with van der Waals surface area (Å²) in [6.45, 7) is 3.09. The van der Waals surface area contributed by atoms with E-state index in [-0.39, 0.29) is 23.8 Å². The number of benzene rings is 4. The largest absolute Gasteiger partial charge is 0.417 e. The van der Waals surface area contributed by atoms with Crippen LogP contribution in [0.3, 0.4) is 0 Å². The zero-order chi connectivity index (χ0) is 35.1.